The second-order valence-corrected chi connectivity index (χ2v) is 6.79. The van der Waals surface area contributed by atoms with E-state index in [2.05, 4.69) is 53.0 Å². The molecule has 0 aliphatic carbocycles. The molecule has 0 heterocycles. The molecule has 4 nitrogen and oxygen atoms in total. The standard InChI is InChI=1S/C13H28N2O.C5H12.C3H4O.2C2H6/c1-6-9-15(10-7-2)12(3)8-11-14(5)13(4)16;1-4-5(2)3;1-2-3-4;2*1-2/h12H,6-11H2,1-5H3;5H,4H2,1-3H3;2-3H,1H2;2*1-2H3. The fraction of sp³-hybridized carbons (Fsp3) is 0.840. The molecule has 1 unspecified atom stereocenters. The molecule has 0 spiro atoms. The first-order valence-electron chi connectivity index (χ1n) is 11.7. The topological polar surface area (TPSA) is 40.6 Å². The number of rotatable bonds is 10. The summed E-state index contributed by atoms with van der Waals surface area (Å²) in [4.78, 5) is 24.5. The molecule has 0 N–H and O–H groups in total. The van der Waals surface area contributed by atoms with E-state index < -0.39 is 0 Å². The SMILES string of the molecule is C=CC=O.CC.CC.CCC(C)C.CCCN(CCC)C(C)CCN(C)C(C)=O. The van der Waals surface area contributed by atoms with Crippen LogP contribution >= 0.6 is 0 Å². The van der Waals surface area contributed by atoms with Crippen LogP contribution in [0.25, 0.3) is 0 Å². The molecular weight excluding hydrogens is 360 g/mol. The second kappa shape index (κ2) is 34.4. The van der Waals surface area contributed by atoms with Crippen molar-refractivity contribution in [1.29, 1.82) is 0 Å². The minimum atomic E-state index is 0.157. The fourth-order valence-corrected chi connectivity index (χ4v) is 1.85. The molecule has 0 aromatic rings. The van der Waals surface area contributed by atoms with E-state index >= 15 is 0 Å². The van der Waals surface area contributed by atoms with Crippen molar-refractivity contribution in [2.24, 2.45) is 5.92 Å². The highest BCUT2D eigenvalue weighted by Crippen LogP contribution is 2.06. The fourth-order valence-electron chi connectivity index (χ4n) is 1.85. The van der Waals surface area contributed by atoms with Gasteiger partial charge in [0.2, 0.25) is 5.91 Å². The van der Waals surface area contributed by atoms with Crippen molar-refractivity contribution in [3.05, 3.63) is 12.7 Å². The van der Waals surface area contributed by atoms with Gasteiger partial charge in [-0.3, -0.25) is 9.59 Å². The largest absolute Gasteiger partial charge is 0.346 e. The molecule has 0 aromatic carbocycles. The Morgan fingerprint density at radius 2 is 1.28 bits per heavy atom. The van der Waals surface area contributed by atoms with Gasteiger partial charge >= 0.3 is 0 Å². The average Bonchev–Trinajstić information content (AvgIpc) is 2.74. The molecule has 0 saturated carbocycles. The summed E-state index contributed by atoms with van der Waals surface area (Å²) in [5.74, 6) is 1.04. The van der Waals surface area contributed by atoms with Crippen molar-refractivity contribution in [1.82, 2.24) is 9.80 Å². The molecule has 0 aromatic heterocycles. The lowest BCUT2D eigenvalue weighted by atomic mass is 10.1. The normalized spacial score (nSPS) is 9.86. The summed E-state index contributed by atoms with van der Waals surface area (Å²) in [6, 6.07) is 0.571. The zero-order chi connectivity index (χ0) is 24.3. The van der Waals surface area contributed by atoms with Crippen molar-refractivity contribution in [2.75, 3.05) is 26.7 Å². The Kier molecular flexibility index (Phi) is 45.5. The van der Waals surface area contributed by atoms with Gasteiger partial charge in [-0.05, 0) is 51.3 Å². The summed E-state index contributed by atoms with van der Waals surface area (Å²) in [7, 11) is 1.87. The third-order valence-corrected chi connectivity index (χ3v) is 3.98. The van der Waals surface area contributed by atoms with Gasteiger partial charge in [0.05, 0.1) is 0 Å². The molecular formula is C25H56N2O2. The van der Waals surface area contributed by atoms with Crippen LogP contribution in [0, 0.1) is 5.92 Å². The predicted octanol–water partition coefficient (Wildman–Crippen LogP) is 6.84. The number of hydrogen-bond donors (Lipinski definition) is 0. The number of nitrogens with zero attached hydrogens (tertiary/aromatic N) is 2. The molecule has 29 heavy (non-hydrogen) atoms. The van der Waals surface area contributed by atoms with Crippen molar-refractivity contribution >= 4 is 12.2 Å². The monoisotopic (exact) mass is 416 g/mol. The Balaban J connectivity index is -0.000000121. The van der Waals surface area contributed by atoms with Crippen LogP contribution in [0.2, 0.25) is 0 Å². The lowest BCUT2D eigenvalue weighted by molar-refractivity contribution is -0.127. The number of amides is 1. The lowest BCUT2D eigenvalue weighted by Gasteiger charge is -2.29. The Hall–Kier alpha value is -1.16. The van der Waals surface area contributed by atoms with E-state index in [1.165, 1.54) is 38.4 Å². The van der Waals surface area contributed by atoms with Gasteiger partial charge in [0.15, 0.2) is 0 Å². The Morgan fingerprint density at radius 3 is 1.48 bits per heavy atom. The van der Waals surface area contributed by atoms with E-state index in [4.69, 9.17) is 4.79 Å². The number of carbonyl (C=O) groups excluding carboxylic acids is 2. The van der Waals surface area contributed by atoms with Crippen molar-refractivity contribution in [2.45, 2.75) is 108 Å². The van der Waals surface area contributed by atoms with Gasteiger partial charge in [0.25, 0.3) is 0 Å². The van der Waals surface area contributed by atoms with E-state index in [1.807, 2.05) is 34.7 Å². The van der Waals surface area contributed by atoms with Crippen molar-refractivity contribution < 1.29 is 9.59 Å². The number of hydrogen-bond acceptors (Lipinski definition) is 3. The van der Waals surface area contributed by atoms with Gasteiger partial charge in [-0.2, -0.15) is 0 Å². The number of allylic oxidation sites excluding steroid dienone is 1. The predicted molar refractivity (Wildman–Crippen MR) is 134 cm³/mol. The van der Waals surface area contributed by atoms with Crippen LogP contribution < -0.4 is 0 Å². The van der Waals surface area contributed by atoms with Gasteiger partial charge in [0, 0.05) is 26.6 Å². The molecule has 0 aliphatic heterocycles. The van der Waals surface area contributed by atoms with Gasteiger partial charge in [-0.1, -0.05) is 75.3 Å². The zero-order valence-electron chi connectivity index (χ0n) is 22.2. The van der Waals surface area contributed by atoms with E-state index in [0.717, 1.165) is 18.9 Å². The van der Waals surface area contributed by atoms with Gasteiger partial charge in [-0.25, -0.2) is 0 Å². The maximum Gasteiger partial charge on any atom is 0.219 e. The molecule has 4 heteroatoms. The van der Waals surface area contributed by atoms with Gasteiger partial charge in [-0.15, -0.1) is 0 Å². The van der Waals surface area contributed by atoms with Crippen LogP contribution in [0.3, 0.4) is 0 Å². The first-order chi connectivity index (χ1) is 13.7. The Morgan fingerprint density at radius 1 is 0.931 bits per heavy atom. The van der Waals surface area contributed by atoms with Crippen LogP contribution in [0.15, 0.2) is 12.7 Å². The summed E-state index contributed by atoms with van der Waals surface area (Å²) >= 11 is 0. The van der Waals surface area contributed by atoms with E-state index in [0.29, 0.717) is 12.3 Å². The molecule has 0 saturated heterocycles. The number of carbonyl (C=O) groups is 2. The van der Waals surface area contributed by atoms with Crippen LogP contribution in [0.5, 0.6) is 0 Å². The average molecular weight is 417 g/mol. The highest BCUT2D eigenvalue weighted by atomic mass is 16.2. The van der Waals surface area contributed by atoms with E-state index in [9.17, 15) is 4.79 Å². The molecule has 0 rings (SSSR count). The van der Waals surface area contributed by atoms with Crippen LogP contribution in [-0.4, -0.2) is 54.7 Å². The lowest BCUT2D eigenvalue weighted by Crippen LogP contribution is -2.37. The molecule has 0 aliphatic rings. The third kappa shape index (κ3) is 38.1. The minimum Gasteiger partial charge on any atom is -0.346 e. The second-order valence-electron chi connectivity index (χ2n) is 6.79. The zero-order valence-corrected chi connectivity index (χ0v) is 22.2. The highest BCUT2D eigenvalue weighted by molar-refractivity contribution is 5.72. The summed E-state index contributed by atoms with van der Waals surface area (Å²) in [5, 5.41) is 0. The summed E-state index contributed by atoms with van der Waals surface area (Å²) in [5.41, 5.74) is 0. The Labute approximate surface area is 185 Å². The van der Waals surface area contributed by atoms with Crippen molar-refractivity contribution in [3.63, 3.8) is 0 Å². The van der Waals surface area contributed by atoms with Gasteiger partial charge in [0.1, 0.15) is 6.29 Å². The molecule has 0 fully saturated rings. The highest BCUT2D eigenvalue weighted by Gasteiger charge is 2.13. The Bertz CT molecular complexity index is 306. The molecule has 0 radical (unpaired) electrons. The smallest absolute Gasteiger partial charge is 0.219 e. The summed E-state index contributed by atoms with van der Waals surface area (Å²) in [6.45, 7) is 29.3. The van der Waals surface area contributed by atoms with Crippen LogP contribution in [-0.2, 0) is 9.59 Å². The summed E-state index contributed by atoms with van der Waals surface area (Å²) < 4.78 is 0. The van der Waals surface area contributed by atoms with E-state index in [-0.39, 0.29) is 5.91 Å². The minimum absolute atomic E-state index is 0.157. The third-order valence-electron chi connectivity index (χ3n) is 3.98. The molecule has 1 atom stereocenters. The van der Waals surface area contributed by atoms with E-state index in [1.54, 1.807) is 11.8 Å². The number of aldehydes is 1. The maximum absolute atomic E-state index is 11.1. The summed E-state index contributed by atoms with van der Waals surface area (Å²) in [6.07, 6.45) is 6.61. The molecule has 0 bridgehead atoms. The molecule has 178 valence electrons. The maximum atomic E-state index is 11.1. The van der Waals surface area contributed by atoms with Gasteiger partial charge < -0.3 is 9.80 Å². The first kappa shape index (κ1) is 38.4. The first-order valence-corrected chi connectivity index (χ1v) is 11.7. The van der Waals surface area contributed by atoms with Crippen LogP contribution in [0.1, 0.15) is 102 Å². The quantitative estimate of drug-likeness (QED) is 0.289. The molecule has 1 amide bonds. The van der Waals surface area contributed by atoms with Crippen molar-refractivity contribution in [3.8, 4) is 0 Å². The van der Waals surface area contributed by atoms with Crippen LogP contribution in [0.4, 0.5) is 0 Å².